The second kappa shape index (κ2) is 7.73. The molecular formula is C22H26N4O3. The zero-order valence-corrected chi connectivity index (χ0v) is 17.0. The standard InChI is InChI=1S/C22H26N4O3/c1-24-12-6-8-18(24)17-13-19(16-7-4-5-9-20(16)29-3)26(23-17)21(27)14-25(2)22(28)15-10-11-15/h4-9,12,15,19H,10-11,13-14H2,1-3H3. The third-order valence-electron chi connectivity index (χ3n) is 5.58. The zero-order chi connectivity index (χ0) is 20.5. The van der Waals surface area contributed by atoms with Crippen LogP contribution in [0.25, 0.3) is 0 Å². The van der Waals surface area contributed by atoms with Crippen LogP contribution in [0.15, 0.2) is 47.7 Å². The van der Waals surface area contributed by atoms with Crippen LogP contribution < -0.4 is 4.74 Å². The van der Waals surface area contributed by atoms with Gasteiger partial charge in [0.15, 0.2) is 0 Å². The van der Waals surface area contributed by atoms with Gasteiger partial charge in [-0.05, 0) is 31.0 Å². The highest BCUT2D eigenvalue weighted by atomic mass is 16.5. The Morgan fingerprint density at radius 2 is 1.97 bits per heavy atom. The highest BCUT2D eigenvalue weighted by Crippen LogP contribution is 2.37. The molecule has 1 saturated carbocycles. The first-order valence-corrected chi connectivity index (χ1v) is 9.88. The van der Waals surface area contributed by atoms with Gasteiger partial charge in [-0.2, -0.15) is 5.10 Å². The summed E-state index contributed by atoms with van der Waals surface area (Å²) >= 11 is 0. The van der Waals surface area contributed by atoms with Gasteiger partial charge in [-0.1, -0.05) is 18.2 Å². The van der Waals surface area contributed by atoms with Crippen LogP contribution in [0, 0.1) is 5.92 Å². The minimum Gasteiger partial charge on any atom is -0.496 e. The van der Waals surface area contributed by atoms with E-state index in [1.807, 2.05) is 54.2 Å². The predicted octanol–water partition coefficient (Wildman–Crippen LogP) is 2.58. The molecule has 7 nitrogen and oxygen atoms in total. The largest absolute Gasteiger partial charge is 0.496 e. The number of carbonyl (C=O) groups excluding carboxylic acids is 2. The van der Waals surface area contributed by atoms with Crippen LogP contribution in [-0.4, -0.2) is 52.7 Å². The van der Waals surface area contributed by atoms with Gasteiger partial charge in [-0.3, -0.25) is 9.59 Å². The van der Waals surface area contributed by atoms with Gasteiger partial charge in [-0.25, -0.2) is 5.01 Å². The van der Waals surface area contributed by atoms with E-state index in [0.717, 1.165) is 35.6 Å². The maximum Gasteiger partial charge on any atom is 0.262 e. The second-order valence-corrected chi connectivity index (χ2v) is 7.72. The van der Waals surface area contributed by atoms with E-state index in [2.05, 4.69) is 5.10 Å². The van der Waals surface area contributed by atoms with E-state index >= 15 is 0 Å². The third-order valence-corrected chi connectivity index (χ3v) is 5.58. The number of carbonyl (C=O) groups is 2. The topological polar surface area (TPSA) is 67.1 Å². The number of rotatable bonds is 6. The number of hydrazone groups is 1. The number of nitrogens with zero attached hydrogens (tertiary/aromatic N) is 4. The van der Waals surface area contributed by atoms with Crippen LogP contribution in [0.1, 0.15) is 36.6 Å². The molecule has 29 heavy (non-hydrogen) atoms. The van der Waals surface area contributed by atoms with Crippen LogP contribution in [0.3, 0.4) is 0 Å². The molecular weight excluding hydrogens is 368 g/mol. The van der Waals surface area contributed by atoms with Gasteiger partial charge < -0.3 is 14.2 Å². The first-order valence-electron chi connectivity index (χ1n) is 9.88. The van der Waals surface area contributed by atoms with E-state index < -0.39 is 0 Å². The van der Waals surface area contributed by atoms with Crippen LogP contribution in [0.4, 0.5) is 0 Å². The molecule has 1 aliphatic heterocycles. The van der Waals surface area contributed by atoms with Gasteiger partial charge in [0.05, 0.1) is 24.6 Å². The van der Waals surface area contributed by atoms with Crippen molar-refractivity contribution in [3.8, 4) is 5.75 Å². The molecule has 0 saturated heterocycles. The van der Waals surface area contributed by atoms with Crippen LogP contribution in [0.5, 0.6) is 5.75 Å². The maximum atomic E-state index is 13.2. The molecule has 0 radical (unpaired) electrons. The number of methoxy groups -OCH3 is 1. The van der Waals surface area contributed by atoms with Gasteiger partial charge in [0.1, 0.15) is 12.3 Å². The van der Waals surface area contributed by atoms with E-state index in [0.29, 0.717) is 6.42 Å². The van der Waals surface area contributed by atoms with Gasteiger partial charge in [0.2, 0.25) is 5.91 Å². The van der Waals surface area contributed by atoms with Crippen molar-refractivity contribution in [1.82, 2.24) is 14.5 Å². The zero-order valence-electron chi connectivity index (χ0n) is 17.0. The molecule has 0 N–H and O–H groups in total. The summed E-state index contributed by atoms with van der Waals surface area (Å²) in [5.41, 5.74) is 2.73. The summed E-state index contributed by atoms with van der Waals surface area (Å²) in [6.45, 7) is 0.0187. The number of ether oxygens (including phenoxy) is 1. The van der Waals surface area contributed by atoms with Crippen LogP contribution >= 0.6 is 0 Å². The third kappa shape index (κ3) is 3.77. The Hall–Kier alpha value is -3.09. The molecule has 2 heterocycles. The molecule has 1 unspecified atom stereocenters. The SMILES string of the molecule is COc1ccccc1C1CC(c2cccn2C)=NN1C(=O)CN(C)C(=O)C1CC1. The number of aryl methyl sites for hydroxylation is 1. The summed E-state index contributed by atoms with van der Waals surface area (Å²) < 4.78 is 7.53. The normalized spacial score (nSPS) is 18.5. The minimum atomic E-state index is -0.270. The molecule has 2 aliphatic rings. The summed E-state index contributed by atoms with van der Waals surface area (Å²) in [5.74, 6) is 0.652. The number of benzene rings is 1. The molecule has 1 aromatic heterocycles. The molecule has 152 valence electrons. The van der Waals surface area contributed by atoms with Crippen molar-refractivity contribution in [2.75, 3.05) is 20.7 Å². The number of hydrogen-bond acceptors (Lipinski definition) is 4. The Bertz CT molecular complexity index is 960. The van der Waals surface area contributed by atoms with E-state index in [9.17, 15) is 9.59 Å². The maximum absolute atomic E-state index is 13.2. The fourth-order valence-electron chi connectivity index (χ4n) is 3.84. The Labute approximate surface area is 170 Å². The smallest absolute Gasteiger partial charge is 0.262 e. The van der Waals surface area contributed by atoms with E-state index in [4.69, 9.17) is 4.74 Å². The lowest BCUT2D eigenvalue weighted by Crippen LogP contribution is -2.39. The molecule has 0 spiro atoms. The summed E-state index contributed by atoms with van der Waals surface area (Å²) in [4.78, 5) is 27.0. The van der Waals surface area contributed by atoms with E-state index in [-0.39, 0.29) is 30.3 Å². The molecule has 1 aliphatic carbocycles. The number of hydrogen-bond donors (Lipinski definition) is 0. The van der Waals surface area contributed by atoms with Crippen LogP contribution in [-0.2, 0) is 16.6 Å². The first kappa shape index (κ1) is 19.2. The van der Waals surface area contributed by atoms with Gasteiger partial charge >= 0.3 is 0 Å². The highest BCUT2D eigenvalue weighted by Gasteiger charge is 2.37. The predicted molar refractivity (Wildman–Crippen MR) is 110 cm³/mol. The number of likely N-dealkylation sites (N-methyl/N-ethyl adjacent to an activating group) is 1. The number of amides is 2. The van der Waals surface area contributed by atoms with Gasteiger partial charge in [-0.15, -0.1) is 0 Å². The van der Waals surface area contributed by atoms with Crippen LogP contribution in [0.2, 0.25) is 0 Å². The summed E-state index contributed by atoms with van der Waals surface area (Å²) in [6, 6.07) is 11.4. The van der Waals surface area contributed by atoms with Crippen molar-refractivity contribution >= 4 is 17.5 Å². The Kier molecular flexibility index (Phi) is 5.13. The fourth-order valence-corrected chi connectivity index (χ4v) is 3.84. The van der Waals surface area contributed by atoms with E-state index in [1.165, 1.54) is 9.91 Å². The average Bonchev–Trinajstić information content (AvgIpc) is 3.34. The van der Waals surface area contributed by atoms with Gasteiger partial charge in [0.25, 0.3) is 5.91 Å². The number of para-hydroxylation sites is 1. The molecule has 1 fully saturated rings. The van der Waals surface area contributed by atoms with Crippen molar-refractivity contribution in [1.29, 1.82) is 0 Å². The molecule has 0 bridgehead atoms. The highest BCUT2D eigenvalue weighted by molar-refractivity contribution is 6.02. The van der Waals surface area contributed by atoms with Crippen molar-refractivity contribution in [2.24, 2.45) is 18.1 Å². The monoisotopic (exact) mass is 394 g/mol. The Morgan fingerprint density at radius 1 is 1.21 bits per heavy atom. The molecule has 1 atom stereocenters. The molecule has 2 aromatic rings. The van der Waals surface area contributed by atoms with Crippen molar-refractivity contribution in [3.05, 3.63) is 53.9 Å². The molecule has 2 amide bonds. The quantitative estimate of drug-likeness (QED) is 0.756. The van der Waals surface area contributed by atoms with Crippen molar-refractivity contribution in [2.45, 2.75) is 25.3 Å². The van der Waals surface area contributed by atoms with Gasteiger partial charge in [0, 0.05) is 38.2 Å². The summed E-state index contributed by atoms with van der Waals surface area (Å²) in [6.07, 6.45) is 4.38. The Balaban J connectivity index is 1.63. The minimum absolute atomic E-state index is 0.0187. The lowest BCUT2D eigenvalue weighted by molar-refractivity contribution is -0.141. The molecule has 7 heteroatoms. The Morgan fingerprint density at radius 3 is 2.62 bits per heavy atom. The average molecular weight is 394 g/mol. The lowest BCUT2D eigenvalue weighted by atomic mass is 9.99. The fraction of sp³-hybridized carbons (Fsp3) is 0.409. The summed E-state index contributed by atoms with van der Waals surface area (Å²) in [5, 5.41) is 6.21. The lowest BCUT2D eigenvalue weighted by Gasteiger charge is -2.25. The van der Waals surface area contributed by atoms with Crippen molar-refractivity contribution < 1.29 is 14.3 Å². The summed E-state index contributed by atoms with van der Waals surface area (Å²) in [7, 11) is 5.28. The molecule has 4 rings (SSSR count). The second-order valence-electron chi connectivity index (χ2n) is 7.72. The first-order chi connectivity index (χ1) is 14.0. The van der Waals surface area contributed by atoms with Crippen molar-refractivity contribution in [3.63, 3.8) is 0 Å². The number of aromatic nitrogens is 1. The molecule has 1 aromatic carbocycles. The van der Waals surface area contributed by atoms with E-state index in [1.54, 1.807) is 14.2 Å².